The molecule has 0 radical (unpaired) electrons. The number of aromatic nitrogens is 2. The van der Waals surface area contributed by atoms with Gasteiger partial charge in [0.05, 0.1) is 18.0 Å². The summed E-state index contributed by atoms with van der Waals surface area (Å²) >= 11 is 3.36. The lowest BCUT2D eigenvalue weighted by Gasteiger charge is -2.07. The Morgan fingerprint density at radius 1 is 1.30 bits per heavy atom. The summed E-state index contributed by atoms with van der Waals surface area (Å²) in [5, 5.41) is 23.3. The quantitative estimate of drug-likeness (QED) is 0.735. The molecule has 0 aliphatic heterocycles. The first kappa shape index (κ1) is 13.4. The Balaban J connectivity index is 1.80. The van der Waals surface area contributed by atoms with E-state index in [1.54, 1.807) is 22.7 Å². The van der Waals surface area contributed by atoms with Crippen molar-refractivity contribution in [2.24, 2.45) is 0 Å². The first-order valence-electron chi connectivity index (χ1n) is 6.34. The van der Waals surface area contributed by atoms with Gasteiger partial charge < -0.3 is 10.4 Å². The van der Waals surface area contributed by atoms with Gasteiger partial charge in [-0.15, -0.1) is 11.3 Å². The van der Waals surface area contributed by atoms with Crippen LogP contribution in [0.4, 0.5) is 5.82 Å². The second kappa shape index (κ2) is 6.21. The number of thiophene rings is 2. The summed E-state index contributed by atoms with van der Waals surface area (Å²) in [4.78, 5) is 1.14. The molecule has 20 heavy (non-hydrogen) atoms. The Morgan fingerprint density at radius 2 is 2.25 bits per heavy atom. The molecule has 0 aromatic carbocycles. The predicted molar refractivity (Wildman–Crippen MR) is 84.3 cm³/mol. The smallest absolute Gasteiger partial charge is 0.125 e. The molecule has 0 saturated carbocycles. The van der Waals surface area contributed by atoms with Gasteiger partial charge in [-0.05, 0) is 33.8 Å². The molecule has 3 aromatic rings. The molecule has 0 unspecified atom stereocenters. The SMILES string of the molecule is OCCn1nc(-c2cccs2)cc1NCc1ccsc1. The summed E-state index contributed by atoms with van der Waals surface area (Å²) in [5.74, 6) is 0.939. The van der Waals surface area contributed by atoms with Crippen LogP contribution in [0.25, 0.3) is 10.6 Å². The minimum Gasteiger partial charge on any atom is -0.394 e. The van der Waals surface area contributed by atoms with Gasteiger partial charge in [-0.25, -0.2) is 4.68 Å². The van der Waals surface area contributed by atoms with Gasteiger partial charge in [0.1, 0.15) is 11.5 Å². The molecule has 0 fully saturated rings. The normalized spacial score (nSPS) is 10.8. The van der Waals surface area contributed by atoms with Crippen molar-refractivity contribution in [1.82, 2.24) is 9.78 Å². The summed E-state index contributed by atoms with van der Waals surface area (Å²) in [7, 11) is 0. The minimum absolute atomic E-state index is 0.0820. The number of aliphatic hydroxyl groups excluding tert-OH is 1. The number of aliphatic hydroxyl groups is 1. The van der Waals surface area contributed by atoms with Crippen molar-refractivity contribution in [1.29, 1.82) is 0 Å². The zero-order chi connectivity index (χ0) is 13.8. The maximum absolute atomic E-state index is 9.15. The van der Waals surface area contributed by atoms with E-state index in [-0.39, 0.29) is 6.61 Å². The molecule has 0 amide bonds. The first-order valence-corrected chi connectivity index (χ1v) is 8.16. The fourth-order valence-corrected chi connectivity index (χ4v) is 3.30. The highest BCUT2D eigenvalue weighted by Crippen LogP contribution is 2.26. The Labute approximate surface area is 125 Å². The molecule has 0 bridgehead atoms. The van der Waals surface area contributed by atoms with Crippen LogP contribution >= 0.6 is 22.7 Å². The zero-order valence-corrected chi connectivity index (χ0v) is 12.5. The third kappa shape index (κ3) is 2.92. The van der Waals surface area contributed by atoms with Gasteiger partial charge in [-0.2, -0.15) is 16.4 Å². The molecular weight excluding hydrogens is 290 g/mol. The second-order valence-corrected chi connectivity index (χ2v) is 6.05. The standard InChI is InChI=1S/C14H15N3OS2/c18-5-4-17-14(15-9-11-3-7-19-10-11)8-12(16-17)13-2-1-6-20-13/h1-3,6-8,10,15,18H,4-5,9H2. The lowest BCUT2D eigenvalue weighted by atomic mass is 10.3. The maximum atomic E-state index is 9.15. The highest BCUT2D eigenvalue weighted by atomic mass is 32.1. The van der Waals surface area contributed by atoms with E-state index < -0.39 is 0 Å². The Morgan fingerprint density at radius 3 is 2.95 bits per heavy atom. The Bertz CT molecular complexity index is 644. The molecule has 3 rings (SSSR count). The summed E-state index contributed by atoms with van der Waals surface area (Å²) < 4.78 is 1.82. The van der Waals surface area contributed by atoms with Gasteiger partial charge in [0.25, 0.3) is 0 Å². The highest BCUT2D eigenvalue weighted by Gasteiger charge is 2.10. The van der Waals surface area contributed by atoms with Gasteiger partial charge in [0.15, 0.2) is 0 Å². The van der Waals surface area contributed by atoms with E-state index in [1.807, 2.05) is 22.2 Å². The number of nitrogens with zero attached hydrogens (tertiary/aromatic N) is 2. The average molecular weight is 305 g/mol. The van der Waals surface area contributed by atoms with Crippen LogP contribution in [-0.2, 0) is 13.1 Å². The van der Waals surface area contributed by atoms with E-state index in [1.165, 1.54) is 5.56 Å². The molecular formula is C14H15N3OS2. The molecule has 3 heterocycles. The van der Waals surface area contributed by atoms with Crippen LogP contribution in [0.1, 0.15) is 5.56 Å². The van der Waals surface area contributed by atoms with E-state index in [9.17, 15) is 0 Å². The molecule has 0 aliphatic rings. The number of nitrogens with one attached hydrogen (secondary N) is 1. The molecule has 0 spiro atoms. The van der Waals surface area contributed by atoms with Crippen LogP contribution in [0.15, 0.2) is 40.4 Å². The largest absolute Gasteiger partial charge is 0.394 e. The summed E-state index contributed by atoms with van der Waals surface area (Å²) in [6.07, 6.45) is 0. The van der Waals surface area contributed by atoms with E-state index in [0.717, 1.165) is 22.9 Å². The summed E-state index contributed by atoms with van der Waals surface area (Å²) in [6, 6.07) is 8.21. The topological polar surface area (TPSA) is 50.1 Å². The number of hydrogen-bond donors (Lipinski definition) is 2. The summed E-state index contributed by atoms with van der Waals surface area (Å²) in [5.41, 5.74) is 2.20. The average Bonchev–Trinajstić information content (AvgIpc) is 3.19. The van der Waals surface area contributed by atoms with Crippen LogP contribution in [0.2, 0.25) is 0 Å². The minimum atomic E-state index is 0.0820. The number of hydrogen-bond acceptors (Lipinski definition) is 5. The van der Waals surface area contributed by atoms with Gasteiger partial charge >= 0.3 is 0 Å². The zero-order valence-electron chi connectivity index (χ0n) is 10.8. The van der Waals surface area contributed by atoms with Crippen molar-refractivity contribution in [3.05, 3.63) is 46.0 Å². The first-order chi connectivity index (χ1) is 9.86. The fourth-order valence-electron chi connectivity index (χ4n) is 1.95. The Hall–Kier alpha value is -1.63. The molecule has 0 atom stereocenters. The van der Waals surface area contributed by atoms with E-state index in [2.05, 4.69) is 33.3 Å². The highest BCUT2D eigenvalue weighted by molar-refractivity contribution is 7.13. The number of rotatable bonds is 6. The molecule has 6 heteroatoms. The summed E-state index contributed by atoms with van der Waals surface area (Å²) in [6.45, 7) is 1.35. The second-order valence-electron chi connectivity index (χ2n) is 4.32. The third-order valence-electron chi connectivity index (χ3n) is 2.92. The van der Waals surface area contributed by atoms with Gasteiger partial charge in [0, 0.05) is 12.6 Å². The number of anilines is 1. The lowest BCUT2D eigenvalue weighted by Crippen LogP contribution is -2.09. The molecule has 0 aliphatic carbocycles. The van der Waals surface area contributed by atoms with Crippen molar-refractivity contribution >= 4 is 28.5 Å². The Kier molecular flexibility index (Phi) is 4.15. The van der Waals surface area contributed by atoms with Crippen molar-refractivity contribution in [3.63, 3.8) is 0 Å². The maximum Gasteiger partial charge on any atom is 0.125 e. The van der Waals surface area contributed by atoms with Gasteiger partial charge in [-0.3, -0.25) is 0 Å². The van der Waals surface area contributed by atoms with Gasteiger partial charge in [0.2, 0.25) is 0 Å². The lowest BCUT2D eigenvalue weighted by molar-refractivity contribution is 0.270. The molecule has 3 aromatic heterocycles. The van der Waals surface area contributed by atoms with Crippen LogP contribution in [0.3, 0.4) is 0 Å². The van der Waals surface area contributed by atoms with Crippen molar-refractivity contribution in [2.75, 3.05) is 11.9 Å². The van der Waals surface area contributed by atoms with E-state index in [4.69, 9.17) is 5.11 Å². The van der Waals surface area contributed by atoms with Crippen LogP contribution < -0.4 is 5.32 Å². The molecule has 2 N–H and O–H groups in total. The monoisotopic (exact) mass is 305 g/mol. The molecule has 104 valence electrons. The van der Waals surface area contributed by atoms with Gasteiger partial charge in [-0.1, -0.05) is 6.07 Å². The molecule has 0 saturated heterocycles. The third-order valence-corrected chi connectivity index (χ3v) is 4.54. The van der Waals surface area contributed by atoms with E-state index in [0.29, 0.717) is 6.54 Å². The fraction of sp³-hybridized carbons (Fsp3) is 0.214. The van der Waals surface area contributed by atoms with Crippen molar-refractivity contribution in [2.45, 2.75) is 13.1 Å². The van der Waals surface area contributed by atoms with Crippen molar-refractivity contribution in [3.8, 4) is 10.6 Å². The van der Waals surface area contributed by atoms with Crippen LogP contribution in [0, 0.1) is 0 Å². The van der Waals surface area contributed by atoms with E-state index >= 15 is 0 Å². The predicted octanol–water partition coefficient (Wildman–Crippen LogP) is 3.28. The van der Waals surface area contributed by atoms with Crippen LogP contribution in [0.5, 0.6) is 0 Å². The van der Waals surface area contributed by atoms with Crippen LogP contribution in [-0.4, -0.2) is 21.5 Å². The van der Waals surface area contributed by atoms with Crippen molar-refractivity contribution < 1.29 is 5.11 Å². The molecule has 4 nitrogen and oxygen atoms in total.